The van der Waals surface area contributed by atoms with Crippen molar-refractivity contribution in [3.63, 3.8) is 0 Å². The Hall–Kier alpha value is -3.25. The van der Waals surface area contributed by atoms with E-state index in [1.54, 1.807) is 48.7 Å². The van der Waals surface area contributed by atoms with E-state index in [0.717, 1.165) is 4.88 Å². The first-order valence-electron chi connectivity index (χ1n) is 8.44. The number of aliphatic hydroxyl groups is 1. The molecule has 1 atom stereocenters. The molecule has 2 aromatic heterocycles. The fourth-order valence-electron chi connectivity index (χ4n) is 3.21. The summed E-state index contributed by atoms with van der Waals surface area (Å²) >= 11 is 1.51. The van der Waals surface area contributed by atoms with Crippen molar-refractivity contribution in [1.82, 2.24) is 9.88 Å². The van der Waals surface area contributed by atoms with E-state index in [-0.39, 0.29) is 17.9 Å². The molecule has 1 aliphatic heterocycles. The molecule has 0 aliphatic carbocycles. The average Bonchev–Trinajstić information content (AvgIpc) is 3.31. The second kappa shape index (κ2) is 7.17. The Labute approximate surface area is 160 Å². The SMILES string of the molecule is O=C1C(=O)N(Cc2cccs2)C(c2ccccn2)/C1=C(/O)c1ccccc1. The third-order valence-electron chi connectivity index (χ3n) is 4.46. The van der Waals surface area contributed by atoms with Crippen LogP contribution in [0.2, 0.25) is 0 Å². The van der Waals surface area contributed by atoms with Gasteiger partial charge in [-0.2, -0.15) is 0 Å². The molecule has 0 bridgehead atoms. The maximum absolute atomic E-state index is 12.8. The smallest absolute Gasteiger partial charge is 0.296 e. The first-order chi connectivity index (χ1) is 13.2. The lowest BCUT2D eigenvalue weighted by Gasteiger charge is -2.24. The third-order valence-corrected chi connectivity index (χ3v) is 5.32. The van der Waals surface area contributed by atoms with Crippen molar-refractivity contribution in [1.29, 1.82) is 0 Å². The second-order valence-corrected chi connectivity index (χ2v) is 7.16. The molecule has 0 radical (unpaired) electrons. The second-order valence-electron chi connectivity index (χ2n) is 6.13. The van der Waals surface area contributed by atoms with Crippen molar-refractivity contribution in [2.75, 3.05) is 0 Å². The number of carbonyl (C=O) groups is 2. The van der Waals surface area contributed by atoms with Crippen LogP contribution < -0.4 is 0 Å². The molecule has 3 aromatic rings. The summed E-state index contributed by atoms with van der Waals surface area (Å²) in [5.74, 6) is -1.50. The van der Waals surface area contributed by atoms with Gasteiger partial charge in [0.2, 0.25) is 0 Å². The molecule has 134 valence electrons. The van der Waals surface area contributed by atoms with Crippen LogP contribution in [0.4, 0.5) is 0 Å². The van der Waals surface area contributed by atoms with Gasteiger partial charge in [0.1, 0.15) is 11.8 Å². The number of thiophene rings is 1. The van der Waals surface area contributed by atoms with E-state index in [0.29, 0.717) is 11.3 Å². The number of hydrogen-bond acceptors (Lipinski definition) is 5. The minimum absolute atomic E-state index is 0.0708. The van der Waals surface area contributed by atoms with Gasteiger partial charge in [0.25, 0.3) is 11.7 Å². The van der Waals surface area contributed by atoms with E-state index < -0.39 is 17.7 Å². The van der Waals surface area contributed by atoms with E-state index in [4.69, 9.17) is 0 Å². The van der Waals surface area contributed by atoms with Gasteiger partial charge in [0, 0.05) is 16.6 Å². The molecule has 1 saturated heterocycles. The van der Waals surface area contributed by atoms with Crippen LogP contribution in [0.5, 0.6) is 0 Å². The summed E-state index contributed by atoms with van der Waals surface area (Å²) in [5.41, 5.74) is 1.11. The van der Waals surface area contributed by atoms with Crippen LogP contribution in [0.1, 0.15) is 22.2 Å². The highest BCUT2D eigenvalue weighted by molar-refractivity contribution is 7.09. The van der Waals surface area contributed by atoms with Crippen molar-refractivity contribution in [2.24, 2.45) is 0 Å². The van der Waals surface area contributed by atoms with Gasteiger partial charge in [-0.3, -0.25) is 14.6 Å². The summed E-state index contributed by atoms with van der Waals surface area (Å²) in [4.78, 5) is 32.4. The highest BCUT2D eigenvalue weighted by Crippen LogP contribution is 2.39. The van der Waals surface area contributed by atoms with E-state index >= 15 is 0 Å². The van der Waals surface area contributed by atoms with Crippen molar-refractivity contribution in [3.05, 3.63) is 93.9 Å². The Morgan fingerprint density at radius 2 is 1.81 bits per heavy atom. The Kier molecular flexibility index (Phi) is 4.56. The highest BCUT2D eigenvalue weighted by Gasteiger charge is 2.46. The normalized spacial score (nSPS) is 18.8. The summed E-state index contributed by atoms with van der Waals surface area (Å²) in [7, 11) is 0. The Morgan fingerprint density at radius 1 is 1.04 bits per heavy atom. The van der Waals surface area contributed by atoms with Gasteiger partial charge in [0.15, 0.2) is 0 Å². The molecular formula is C21H16N2O3S. The van der Waals surface area contributed by atoms with E-state index in [1.165, 1.54) is 16.2 Å². The summed E-state index contributed by atoms with van der Waals surface area (Å²) in [6, 6.07) is 17.2. The van der Waals surface area contributed by atoms with E-state index in [2.05, 4.69) is 4.98 Å². The molecule has 4 rings (SSSR count). The van der Waals surface area contributed by atoms with Crippen LogP contribution in [-0.2, 0) is 16.1 Å². The van der Waals surface area contributed by atoms with Crippen LogP contribution >= 0.6 is 11.3 Å². The van der Waals surface area contributed by atoms with Crippen molar-refractivity contribution in [2.45, 2.75) is 12.6 Å². The zero-order valence-electron chi connectivity index (χ0n) is 14.3. The molecule has 3 heterocycles. The largest absolute Gasteiger partial charge is 0.507 e. The van der Waals surface area contributed by atoms with Crippen molar-refractivity contribution < 1.29 is 14.7 Å². The van der Waals surface area contributed by atoms with Crippen LogP contribution in [0.3, 0.4) is 0 Å². The predicted octanol–water partition coefficient (Wildman–Crippen LogP) is 3.77. The predicted molar refractivity (Wildman–Crippen MR) is 103 cm³/mol. The number of hydrogen-bond donors (Lipinski definition) is 1. The zero-order chi connectivity index (χ0) is 18.8. The zero-order valence-corrected chi connectivity index (χ0v) is 15.1. The number of carbonyl (C=O) groups excluding carboxylic acids is 2. The van der Waals surface area contributed by atoms with Crippen LogP contribution in [0, 0.1) is 0 Å². The molecule has 27 heavy (non-hydrogen) atoms. The van der Waals surface area contributed by atoms with Gasteiger partial charge in [-0.1, -0.05) is 42.5 Å². The van der Waals surface area contributed by atoms with E-state index in [1.807, 2.05) is 23.6 Å². The first kappa shape index (κ1) is 17.2. The van der Waals surface area contributed by atoms with Gasteiger partial charge in [-0.05, 0) is 23.6 Å². The quantitative estimate of drug-likeness (QED) is 0.428. The monoisotopic (exact) mass is 376 g/mol. The number of pyridine rings is 1. The minimum Gasteiger partial charge on any atom is -0.507 e. The number of benzene rings is 1. The molecule has 1 fully saturated rings. The molecule has 1 N–H and O–H groups in total. The molecule has 6 heteroatoms. The summed E-state index contributed by atoms with van der Waals surface area (Å²) in [5, 5.41) is 12.8. The number of nitrogens with zero attached hydrogens (tertiary/aromatic N) is 2. The number of aliphatic hydroxyl groups excluding tert-OH is 1. The minimum atomic E-state index is -0.728. The van der Waals surface area contributed by atoms with Gasteiger partial charge in [0.05, 0.1) is 17.8 Å². The van der Waals surface area contributed by atoms with Crippen LogP contribution in [-0.4, -0.2) is 26.7 Å². The highest BCUT2D eigenvalue weighted by atomic mass is 32.1. The summed E-state index contributed by atoms with van der Waals surface area (Å²) < 4.78 is 0. The maximum Gasteiger partial charge on any atom is 0.296 e. The average molecular weight is 376 g/mol. The fraction of sp³-hybridized carbons (Fsp3) is 0.0952. The van der Waals surface area contributed by atoms with Crippen molar-refractivity contribution >= 4 is 28.8 Å². The number of Topliss-reactive ketones (excluding diaryl/α,β-unsaturated/α-hetero) is 1. The number of likely N-dealkylation sites (tertiary alicyclic amines) is 1. The topological polar surface area (TPSA) is 70.5 Å². The summed E-state index contributed by atoms with van der Waals surface area (Å²) in [6.07, 6.45) is 1.61. The van der Waals surface area contributed by atoms with Crippen molar-refractivity contribution in [3.8, 4) is 0 Å². The fourth-order valence-corrected chi connectivity index (χ4v) is 3.91. The van der Waals surface area contributed by atoms with Gasteiger partial charge >= 0.3 is 0 Å². The third kappa shape index (κ3) is 3.15. The molecule has 1 aromatic carbocycles. The number of rotatable bonds is 4. The first-order valence-corrected chi connectivity index (χ1v) is 9.32. The van der Waals surface area contributed by atoms with Crippen LogP contribution in [0.15, 0.2) is 77.8 Å². The van der Waals surface area contributed by atoms with E-state index in [9.17, 15) is 14.7 Å². The molecule has 0 spiro atoms. The molecule has 1 unspecified atom stereocenters. The Morgan fingerprint density at radius 3 is 2.48 bits per heavy atom. The van der Waals surface area contributed by atoms with Gasteiger partial charge in [-0.15, -0.1) is 11.3 Å². The van der Waals surface area contributed by atoms with Crippen LogP contribution in [0.25, 0.3) is 5.76 Å². The molecule has 1 aliphatic rings. The van der Waals surface area contributed by atoms with Gasteiger partial charge < -0.3 is 10.0 Å². The maximum atomic E-state index is 12.8. The standard InChI is InChI=1S/C21H16N2O3S/c24-19(14-7-2-1-3-8-14)17-18(16-10-4-5-11-22-16)23(21(26)20(17)25)13-15-9-6-12-27-15/h1-12,18,24H,13H2/b19-17-. The Balaban J connectivity index is 1.86. The number of amides is 1. The molecular weight excluding hydrogens is 360 g/mol. The summed E-state index contributed by atoms with van der Waals surface area (Å²) in [6.45, 7) is 0.287. The molecule has 0 saturated carbocycles. The lowest BCUT2D eigenvalue weighted by atomic mass is 9.98. The number of aromatic nitrogens is 1. The molecule has 1 amide bonds. The van der Waals surface area contributed by atoms with Gasteiger partial charge in [-0.25, -0.2) is 0 Å². The number of ketones is 1. The Bertz CT molecular complexity index is 998. The molecule has 5 nitrogen and oxygen atoms in total. The lowest BCUT2D eigenvalue weighted by molar-refractivity contribution is -0.140. The lowest BCUT2D eigenvalue weighted by Crippen LogP contribution is -2.29.